The number of hydrogen-bond donors (Lipinski definition) is 1. The summed E-state index contributed by atoms with van der Waals surface area (Å²) in [5.41, 5.74) is -2.03. The number of aromatic nitrogens is 2. The summed E-state index contributed by atoms with van der Waals surface area (Å²) in [4.78, 5) is 25.2. The molecule has 1 spiro atoms. The van der Waals surface area contributed by atoms with Crippen LogP contribution in [-0.2, 0) is 16.4 Å². The van der Waals surface area contributed by atoms with Crippen LogP contribution in [0.1, 0.15) is 47.3 Å². The van der Waals surface area contributed by atoms with Crippen molar-refractivity contribution >= 4 is 34.4 Å². The summed E-state index contributed by atoms with van der Waals surface area (Å²) in [5, 5.41) is 13.9. The van der Waals surface area contributed by atoms with Gasteiger partial charge in [-0.05, 0) is 73.1 Å². The molecule has 6 unspecified atom stereocenters. The number of alkyl halides is 3. The summed E-state index contributed by atoms with van der Waals surface area (Å²) in [5.74, 6) is -2.31. The molecule has 4 saturated carbocycles. The Morgan fingerprint density at radius 2 is 1.86 bits per heavy atom. The highest BCUT2D eigenvalue weighted by molar-refractivity contribution is 6.34. The molecule has 0 saturated heterocycles. The molecule has 3 aromatic rings. The molecule has 1 N–H and O–H groups in total. The average molecular weight is 519 g/mol. The fourth-order valence-corrected chi connectivity index (χ4v) is 8.36. The highest BCUT2D eigenvalue weighted by Crippen LogP contribution is 2.96. The molecule has 6 atom stereocenters. The molecule has 4 aliphatic rings. The fraction of sp³-hybridized carbons (Fsp3) is 0.423. The SMILES string of the molecule is O=C(O)C1CC2CC3(c4nn(C(=O)c5c(Cl)cccc5C(F)(F)F)c5cccc(F)c45)C2C32CC2C1. The van der Waals surface area contributed by atoms with Crippen LogP contribution in [0.4, 0.5) is 17.6 Å². The zero-order valence-corrected chi connectivity index (χ0v) is 19.4. The molecule has 36 heavy (non-hydrogen) atoms. The largest absolute Gasteiger partial charge is 0.481 e. The van der Waals surface area contributed by atoms with E-state index in [9.17, 15) is 27.9 Å². The van der Waals surface area contributed by atoms with Crippen LogP contribution in [-0.4, -0.2) is 26.8 Å². The second-order valence-electron chi connectivity index (χ2n) is 10.7. The van der Waals surface area contributed by atoms with E-state index in [4.69, 9.17) is 11.6 Å². The summed E-state index contributed by atoms with van der Waals surface area (Å²) in [7, 11) is 0. The van der Waals surface area contributed by atoms with Crippen molar-refractivity contribution in [2.24, 2.45) is 29.1 Å². The third-order valence-corrected chi connectivity index (χ3v) is 9.67. The minimum atomic E-state index is -4.82. The van der Waals surface area contributed by atoms with Gasteiger partial charge >= 0.3 is 12.1 Å². The predicted octanol–water partition coefficient (Wildman–Crippen LogP) is 5.92. The molecular formula is C26H19ClF4N2O3. The zero-order chi connectivity index (χ0) is 25.4. The average Bonchev–Trinajstić information content (AvgIpc) is 3.50. The maximum Gasteiger partial charge on any atom is 0.417 e. The first-order valence-corrected chi connectivity index (χ1v) is 12.2. The van der Waals surface area contributed by atoms with Crippen LogP contribution in [0.5, 0.6) is 0 Å². The van der Waals surface area contributed by atoms with Gasteiger partial charge in [0.2, 0.25) is 0 Å². The Bertz CT molecular complexity index is 1510. The van der Waals surface area contributed by atoms with Gasteiger partial charge in [0.05, 0.1) is 38.7 Å². The van der Waals surface area contributed by atoms with Crippen molar-refractivity contribution in [2.45, 2.75) is 37.3 Å². The Morgan fingerprint density at radius 3 is 2.58 bits per heavy atom. The summed E-state index contributed by atoms with van der Waals surface area (Å²) < 4.78 is 57.3. The second-order valence-corrected chi connectivity index (χ2v) is 11.1. The lowest BCUT2D eigenvalue weighted by Gasteiger charge is -2.35. The molecule has 5 nitrogen and oxygen atoms in total. The van der Waals surface area contributed by atoms with E-state index in [1.807, 2.05) is 0 Å². The maximum absolute atomic E-state index is 15.3. The maximum atomic E-state index is 15.3. The first-order chi connectivity index (χ1) is 17.0. The number of rotatable bonds is 3. The van der Waals surface area contributed by atoms with Gasteiger partial charge in [0.15, 0.2) is 0 Å². The summed E-state index contributed by atoms with van der Waals surface area (Å²) in [6.45, 7) is 0. The van der Waals surface area contributed by atoms with Crippen molar-refractivity contribution in [1.82, 2.24) is 9.78 Å². The first-order valence-electron chi connectivity index (χ1n) is 11.8. The lowest BCUT2D eigenvalue weighted by atomic mass is 9.68. The van der Waals surface area contributed by atoms with Crippen LogP contribution in [0.2, 0.25) is 5.02 Å². The number of halogens is 5. The van der Waals surface area contributed by atoms with Gasteiger partial charge in [-0.2, -0.15) is 23.0 Å². The molecule has 0 amide bonds. The highest BCUT2D eigenvalue weighted by Gasteiger charge is 2.94. The Hall–Kier alpha value is -2.94. The monoisotopic (exact) mass is 518 g/mol. The standard InChI is InChI=1S/C26H19ClF4N2O3/c27-15-4-1-3-14(26(29,30)31)18(15)22(34)33-17-6-2-5-16(28)19(17)21(32-33)25-9-12-7-11(23(35)36)8-13-10-24(13,25)20(12)25/h1-6,11-13,20H,7-10H2,(H,35,36). The van der Waals surface area contributed by atoms with E-state index in [0.29, 0.717) is 25.0 Å². The van der Waals surface area contributed by atoms with Crippen LogP contribution in [0.15, 0.2) is 36.4 Å². The van der Waals surface area contributed by atoms with Crippen LogP contribution < -0.4 is 0 Å². The number of hydrogen-bond acceptors (Lipinski definition) is 3. The fourth-order valence-electron chi connectivity index (χ4n) is 8.11. The van der Waals surface area contributed by atoms with Gasteiger partial charge in [-0.3, -0.25) is 9.59 Å². The molecule has 1 heterocycles. The van der Waals surface area contributed by atoms with E-state index < -0.39 is 40.4 Å². The minimum absolute atomic E-state index is 0.0966. The van der Waals surface area contributed by atoms with E-state index in [1.54, 1.807) is 0 Å². The van der Waals surface area contributed by atoms with Crippen LogP contribution in [0.25, 0.3) is 10.9 Å². The lowest BCUT2D eigenvalue weighted by molar-refractivity contribution is -0.143. The number of carbonyl (C=O) groups excluding carboxylic acids is 1. The van der Waals surface area contributed by atoms with E-state index in [0.717, 1.165) is 23.2 Å². The first kappa shape index (κ1) is 22.3. The summed E-state index contributed by atoms with van der Waals surface area (Å²) in [6.07, 6.45) is -2.21. The van der Waals surface area contributed by atoms with Crippen molar-refractivity contribution in [3.8, 4) is 0 Å². The molecule has 2 aromatic carbocycles. The predicted molar refractivity (Wildman–Crippen MR) is 120 cm³/mol. The summed E-state index contributed by atoms with van der Waals surface area (Å²) in [6, 6.07) is 7.24. The Kier molecular flexibility index (Phi) is 4.13. The third-order valence-electron chi connectivity index (χ3n) is 9.35. The van der Waals surface area contributed by atoms with Gasteiger partial charge < -0.3 is 5.11 Å². The highest BCUT2D eigenvalue weighted by atomic mass is 35.5. The molecule has 4 aliphatic carbocycles. The van der Waals surface area contributed by atoms with Crippen LogP contribution >= 0.6 is 11.6 Å². The number of nitrogens with zero attached hydrogens (tertiary/aromatic N) is 2. The topological polar surface area (TPSA) is 72.2 Å². The van der Waals surface area contributed by atoms with Crippen LogP contribution in [0.3, 0.4) is 0 Å². The lowest BCUT2D eigenvalue weighted by Crippen LogP contribution is -2.34. The molecule has 0 radical (unpaired) electrons. The quantitative estimate of drug-likeness (QED) is 0.437. The van der Waals surface area contributed by atoms with E-state index in [-0.39, 0.29) is 45.0 Å². The number of aliphatic carboxylic acids is 1. The number of carboxylic acid groups (broad SMARTS) is 1. The number of benzene rings is 2. The van der Waals surface area contributed by atoms with Gasteiger partial charge in [-0.25, -0.2) is 4.39 Å². The minimum Gasteiger partial charge on any atom is -0.481 e. The second kappa shape index (κ2) is 6.68. The van der Waals surface area contributed by atoms with Crippen LogP contribution in [0, 0.1) is 34.9 Å². The molecule has 0 aliphatic heterocycles. The van der Waals surface area contributed by atoms with Crippen molar-refractivity contribution in [2.75, 3.05) is 0 Å². The van der Waals surface area contributed by atoms with E-state index in [2.05, 4.69) is 5.10 Å². The van der Waals surface area contributed by atoms with Crippen molar-refractivity contribution in [3.05, 3.63) is 64.1 Å². The molecule has 4 fully saturated rings. The van der Waals surface area contributed by atoms with Gasteiger partial charge in [0, 0.05) is 5.41 Å². The Balaban J connectivity index is 1.37. The normalized spacial score (nSPS) is 33.8. The zero-order valence-electron chi connectivity index (χ0n) is 18.6. The number of carboxylic acids is 1. The van der Waals surface area contributed by atoms with Gasteiger partial charge in [0.1, 0.15) is 5.82 Å². The van der Waals surface area contributed by atoms with Gasteiger partial charge in [0.25, 0.3) is 5.91 Å². The van der Waals surface area contributed by atoms with E-state index in [1.165, 1.54) is 24.3 Å². The molecule has 186 valence electrons. The smallest absolute Gasteiger partial charge is 0.417 e. The van der Waals surface area contributed by atoms with Gasteiger partial charge in [-0.1, -0.05) is 23.7 Å². The Labute approximate surface area is 207 Å². The molecule has 1 aromatic heterocycles. The molecule has 7 rings (SSSR count). The van der Waals surface area contributed by atoms with Gasteiger partial charge in [-0.15, -0.1) is 0 Å². The number of carbonyl (C=O) groups is 2. The third kappa shape index (κ3) is 2.50. The van der Waals surface area contributed by atoms with E-state index >= 15 is 4.39 Å². The number of fused-ring (bicyclic) bond motifs is 1. The Morgan fingerprint density at radius 1 is 1.11 bits per heavy atom. The van der Waals surface area contributed by atoms with Crippen molar-refractivity contribution in [3.63, 3.8) is 0 Å². The summed E-state index contributed by atoms with van der Waals surface area (Å²) >= 11 is 6.08. The molecule has 10 heteroatoms. The molecular weight excluding hydrogens is 500 g/mol. The molecule has 0 bridgehead atoms. The van der Waals surface area contributed by atoms with Crippen molar-refractivity contribution < 1.29 is 32.3 Å². The van der Waals surface area contributed by atoms with Crippen molar-refractivity contribution in [1.29, 1.82) is 0 Å².